The van der Waals surface area contributed by atoms with Gasteiger partial charge < -0.3 is 16.3 Å². The molecule has 1 aromatic carbocycles. The van der Waals surface area contributed by atoms with E-state index in [2.05, 4.69) is 24.3 Å². The summed E-state index contributed by atoms with van der Waals surface area (Å²) in [6.45, 7) is 4.36. The summed E-state index contributed by atoms with van der Waals surface area (Å²) in [5.74, 6) is -0.999. The topological polar surface area (TPSA) is 78.6 Å². The minimum Gasteiger partial charge on any atom is -0.478 e. The zero-order valence-corrected chi connectivity index (χ0v) is 11.4. The van der Waals surface area contributed by atoms with Gasteiger partial charge in [0.2, 0.25) is 0 Å². The Bertz CT molecular complexity index is 466. The molecule has 0 aromatic heterocycles. The first-order valence-corrected chi connectivity index (χ1v) is 6.67. The molecule has 1 heterocycles. The number of hydrogen-bond donors (Lipinski definition) is 3. The Morgan fingerprint density at radius 1 is 1.37 bits per heavy atom. The van der Waals surface area contributed by atoms with E-state index in [0.29, 0.717) is 12.1 Å². The van der Waals surface area contributed by atoms with Crippen molar-refractivity contribution in [1.82, 2.24) is 5.01 Å². The van der Waals surface area contributed by atoms with Gasteiger partial charge in [-0.2, -0.15) is 0 Å². The van der Waals surface area contributed by atoms with Crippen LogP contribution in [0.2, 0.25) is 0 Å². The number of rotatable bonds is 3. The van der Waals surface area contributed by atoms with Gasteiger partial charge in [0.15, 0.2) is 0 Å². The molecule has 0 saturated carbocycles. The summed E-state index contributed by atoms with van der Waals surface area (Å²) < 4.78 is 0. The second-order valence-electron chi connectivity index (χ2n) is 5.26. The molecule has 1 aliphatic heterocycles. The van der Waals surface area contributed by atoms with Crippen molar-refractivity contribution in [3.05, 3.63) is 23.8 Å². The summed E-state index contributed by atoms with van der Waals surface area (Å²) in [4.78, 5) is 11.1. The Morgan fingerprint density at radius 2 is 2.00 bits per heavy atom. The van der Waals surface area contributed by atoms with E-state index in [1.807, 2.05) is 6.07 Å². The van der Waals surface area contributed by atoms with Crippen molar-refractivity contribution >= 4 is 17.3 Å². The first-order valence-electron chi connectivity index (χ1n) is 6.67. The molecule has 104 valence electrons. The molecule has 1 aliphatic rings. The molecule has 1 fully saturated rings. The molecule has 5 nitrogen and oxygen atoms in total. The second kappa shape index (κ2) is 5.48. The second-order valence-corrected chi connectivity index (χ2v) is 5.26. The highest BCUT2D eigenvalue weighted by atomic mass is 16.4. The SMILES string of the molecule is CC1CCCC(C)N1Nc1ccc(N)c(C(=O)O)c1. The van der Waals surface area contributed by atoms with Gasteiger partial charge in [-0.1, -0.05) is 6.42 Å². The lowest BCUT2D eigenvalue weighted by atomic mass is 10.00. The molecule has 2 atom stereocenters. The predicted molar refractivity (Wildman–Crippen MR) is 76.1 cm³/mol. The average Bonchev–Trinajstić information content (AvgIpc) is 2.35. The summed E-state index contributed by atoms with van der Waals surface area (Å²) in [5, 5.41) is 11.3. The number of anilines is 2. The van der Waals surface area contributed by atoms with Gasteiger partial charge in [-0.25, -0.2) is 9.80 Å². The number of carbonyl (C=O) groups is 1. The van der Waals surface area contributed by atoms with Crippen molar-refractivity contribution < 1.29 is 9.90 Å². The summed E-state index contributed by atoms with van der Waals surface area (Å²) in [6.07, 6.45) is 3.54. The van der Waals surface area contributed by atoms with Crippen LogP contribution in [0.1, 0.15) is 43.5 Å². The van der Waals surface area contributed by atoms with Gasteiger partial charge in [0.05, 0.1) is 5.56 Å². The van der Waals surface area contributed by atoms with E-state index in [1.165, 1.54) is 6.42 Å². The van der Waals surface area contributed by atoms with E-state index in [4.69, 9.17) is 10.8 Å². The van der Waals surface area contributed by atoms with Gasteiger partial charge in [0.1, 0.15) is 0 Å². The molecule has 0 amide bonds. The summed E-state index contributed by atoms with van der Waals surface area (Å²) in [7, 11) is 0. The monoisotopic (exact) mass is 263 g/mol. The number of aromatic carboxylic acids is 1. The number of nitrogens with one attached hydrogen (secondary N) is 1. The van der Waals surface area contributed by atoms with Crippen LogP contribution in [0.4, 0.5) is 11.4 Å². The number of hydrazine groups is 1. The van der Waals surface area contributed by atoms with Crippen molar-refractivity contribution in [1.29, 1.82) is 0 Å². The van der Waals surface area contributed by atoms with Crippen LogP contribution < -0.4 is 11.2 Å². The summed E-state index contributed by atoms with van der Waals surface area (Å²) in [6, 6.07) is 5.91. The lowest BCUT2D eigenvalue weighted by molar-refractivity contribution is 0.0698. The molecular weight excluding hydrogens is 242 g/mol. The normalized spacial score (nSPS) is 24.1. The van der Waals surface area contributed by atoms with Crippen molar-refractivity contribution in [2.75, 3.05) is 11.2 Å². The zero-order chi connectivity index (χ0) is 14.0. The number of nitrogens with two attached hydrogens (primary N) is 1. The number of carboxylic acids is 1. The van der Waals surface area contributed by atoms with Crippen molar-refractivity contribution in [3.8, 4) is 0 Å². The van der Waals surface area contributed by atoms with E-state index < -0.39 is 5.97 Å². The highest BCUT2D eigenvalue weighted by Crippen LogP contribution is 2.25. The van der Waals surface area contributed by atoms with Crippen LogP contribution in [0.3, 0.4) is 0 Å². The van der Waals surface area contributed by atoms with Gasteiger partial charge in [-0.3, -0.25) is 0 Å². The molecule has 1 saturated heterocycles. The Hall–Kier alpha value is -1.75. The smallest absolute Gasteiger partial charge is 0.337 e. The van der Waals surface area contributed by atoms with E-state index in [-0.39, 0.29) is 11.3 Å². The van der Waals surface area contributed by atoms with Gasteiger partial charge >= 0.3 is 5.97 Å². The fraction of sp³-hybridized carbons (Fsp3) is 0.500. The van der Waals surface area contributed by atoms with E-state index in [0.717, 1.165) is 18.5 Å². The Labute approximate surface area is 113 Å². The first-order chi connectivity index (χ1) is 8.99. The maximum atomic E-state index is 11.1. The van der Waals surface area contributed by atoms with Gasteiger partial charge in [0.25, 0.3) is 0 Å². The average molecular weight is 263 g/mol. The molecule has 4 N–H and O–H groups in total. The van der Waals surface area contributed by atoms with E-state index >= 15 is 0 Å². The molecular formula is C14H21N3O2. The molecule has 1 aromatic rings. The van der Waals surface area contributed by atoms with Crippen LogP contribution in [0.5, 0.6) is 0 Å². The Balaban J connectivity index is 2.18. The molecule has 19 heavy (non-hydrogen) atoms. The molecule has 5 heteroatoms. The maximum absolute atomic E-state index is 11.1. The number of hydrogen-bond acceptors (Lipinski definition) is 4. The number of nitrogen functional groups attached to an aromatic ring is 1. The highest BCUT2D eigenvalue weighted by Gasteiger charge is 2.24. The highest BCUT2D eigenvalue weighted by molar-refractivity contribution is 5.94. The van der Waals surface area contributed by atoms with Crippen molar-refractivity contribution in [2.45, 2.75) is 45.2 Å². The third kappa shape index (κ3) is 2.98. The minimum absolute atomic E-state index is 0.141. The Morgan fingerprint density at radius 3 is 2.58 bits per heavy atom. The lowest BCUT2D eigenvalue weighted by Crippen LogP contribution is -2.47. The number of piperidine rings is 1. The van der Waals surface area contributed by atoms with Gasteiger partial charge in [0, 0.05) is 23.5 Å². The fourth-order valence-corrected chi connectivity index (χ4v) is 2.60. The van der Waals surface area contributed by atoms with E-state index in [1.54, 1.807) is 12.1 Å². The Kier molecular flexibility index (Phi) is 3.95. The summed E-state index contributed by atoms with van der Waals surface area (Å²) in [5.41, 5.74) is 10.2. The van der Waals surface area contributed by atoms with Crippen molar-refractivity contribution in [3.63, 3.8) is 0 Å². The maximum Gasteiger partial charge on any atom is 0.337 e. The number of benzene rings is 1. The zero-order valence-electron chi connectivity index (χ0n) is 11.4. The molecule has 0 aliphatic carbocycles. The largest absolute Gasteiger partial charge is 0.478 e. The molecule has 2 unspecified atom stereocenters. The van der Waals surface area contributed by atoms with Crippen LogP contribution in [0.15, 0.2) is 18.2 Å². The molecule has 2 rings (SSSR count). The molecule has 0 radical (unpaired) electrons. The lowest BCUT2D eigenvalue weighted by Gasteiger charge is -2.39. The number of carboxylic acid groups (broad SMARTS) is 1. The minimum atomic E-state index is -0.999. The quantitative estimate of drug-likeness (QED) is 0.730. The number of nitrogens with zero attached hydrogens (tertiary/aromatic N) is 1. The van der Waals surface area contributed by atoms with Crippen LogP contribution in [0, 0.1) is 0 Å². The third-order valence-electron chi connectivity index (χ3n) is 3.74. The summed E-state index contributed by atoms with van der Waals surface area (Å²) >= 11 is 0. The van der Waals surface area contributed by atoms with E-state index in [9.17, 15) is 4.79 Å². The van der Waals surface area contributed by atoms with Crippen LogP contribution in [-0.4, -0.2) is 28.2 Å². The third-order valence-corrected chi connectivity index (χ3v) is 3.74. The van der Waals surface area contributed by atoms with Gasteiger partial charge in [-0.05, 0) is 44.9 Å². The van der Waals surface area contributed by atoms with Gasteiger partial charge in [-0.15, -0.1) is 0 Å². The molecule has 0 spiro atoms. The van der Waals surface area contributed by atoms with Crippen LogP contribution in [0.25, 0.3) is 0 Å². The van der Waals surface area contributed by atoms with Crippen molar-refractivity contribution in [2.24, 2.45) is 0 Å². The fourth-order valence-electron chi connectivity index (χ4n) is 2.60. The van der Waals surface area contributed by atoms with Crippen LogP contribution in [-0.2, 0) is 0 Å². The molecule has 0 bridgehead atoms. The first kappa shape index (κ1) is 13.7. The predicted octanol–water partition coefficient (Wildman–Crippen LogP) is 2.56. The van der Waals surface area contributed by atoms with Crippen LogP contribution >= 0.6 is 0 Å². The standard InChI is InChI=1S/C14H21N3O2/c1-9-4-3-5-10(2)17(9)16-11-6-7-13(15)12(8-11)14(18)19/h6-10,16H,3-5,15H2,1-2H3,(H,18,19).